The standard InChI is InChI=1S/C15H12ClNOS/c1-18-12-5-6-13-14(8-12)19-15(17-13)11-4-2-3-10(7-11)9-16/h2-8H,9H2,1H3. The summed E-state index contributed by atoms with van der Waals surface area (Å²) in [6, 6.07) is 14.1. The second-order valence-corrected chi connectivity index (χ2v) is 5.48. The van der Waals surface area contributed by atoms with Crippen molar-refractivity contribution in [2.45, 2.75) is 5.88 Å². The van der Waals surface area contributed by atoms with Crippen molar-refractivity contribution in [3.63, 3.8) is 0 Å². The molecule has 0 N–H and O–H groups in total. The third kappa shape index (κ3) is 2.44. The summed E-state index contributed by atoms with van der Waals surface area (Å²) in [6.45, 7) is 0. The van der Waals surface area contributed by atoms with Crippen LogP contribution in [0.4, 0.5) is 0 Å². The maximum atomic E-state index is 5.87. The molecule has 0 unspecified atom stereocenters. The fourth-order valence-electron chi connectivity index (χ4n) is 1.94. The van der Waals surface area contributed by atoms with Crippen LogP contribution in [-0.2, 0) is 5.88 Å². The Balaban J connectivity index is 2.09. The molecular formula is C15H12ClNOS. The number of rotatable bonds is 3. The number of fused-ring (bicyclic) bond motifs is 1. The van der Waals surface area contributed by atoms with Crippen molar-refractivity contribution >= 4 is 33.2 Å². The van der Waals surface area contributed by atoms with E-state index in [4.69, 9.17) is 16.3 Å². The quantitative estimate of drug-likeness (QED) is 0.651. The SMILES string of the molecule is COc1ccc2nc(-c3cccc(CCl)c3)sc2c1. The van der Waals surface area contributed by atoms with E-state index in [1.54, 1.807) is 18.4 Å². The van der Waals surface area contributed by atoms with Crippen LogP contribution >= 0.6 is 22.9 Å². The zero-order chi connectivity index (χ0) is 13.2. The summed E-state index contributed by atoms with van der Waals surface area (Å²) in [5, 5.41) is 1.01. The van der Waals surface area contributed by atoms with Crippen LogP contribution in [0, 0.1) is 0 Å². The molecule has 0 aliphatic carbocycles. The molecule has 1 aromatic heterocycles. The molecule has 2 nitrogen and oxygen atoms in total. The van der Waals surface area contributed by atoms with E-state index in [0.717, 1.165) is 32.1 Å². The van der Waals surface area contributed by atoms with Crippen LogP contribution in [0.3, 0.4) is 0 Å². The van der Waals surface area contributed by atoms with Crippen LogP contribution < -0.4 is 4.74 Å². The van der Waals surface area contributed by atoms with Crippen molar-refractivity contribution in [1.82, 2.24) is 4.98 Å². The number of aromatic nitrogens is 1. The Morgan fingerprint density at radius 1 is 1.21 bits per heavy atom. The highest BCUT2D eigenvalue weighted by Crippen LogP contribution is 2.32. The lowest BCUT2D eigenvalue weighted by atomic mass is 10.1. The smallest absolute Gasteiger partial charge is 0.124 e. The molecule has 0 bridgehead atoms. The van der Waals surface area contributed by atoms with Crippen molar-refractivity contribution in [2.75, 3.05) is 7.11 Å². The molecule has 0 aliphatic rings. The average Bonchev–Trinajstić information content (AvgIpc) is 2.90. The Bertz CT molecular complexity index is 723. The predicted molar refractivity (Wildman–Crippen MR) is 81.2 cm³/mol. The van der Waals surface area contributed by atoms with Gasteiger partial charge in [0.1, 0.15) is 10.8 Å². The minimum absolute atomic E-state index is 0.520. The van der Waals surface area contributed by atoms with Gasteiger partial charge < -0.3 is 4.74 Å². The second-order valence-electron chi connectivity index (χ2n) is 4.19. The molecule has 0 amide bonds. The highest BCUT2D eigenvalue weighted by Gasteiger charge is 2.07. The first-order chi connectivity index (χ1) is 9.30. The fraction of sp³-hybridized carbons (Fsp3) is 0.133. The Kier molecular flexibility index (Phi) is 3.40. The summed E-state index contributed by atoms with van der Waals surface area (Å²) in [6.07, 6.45) is 0. The summed E-state index contributed by atoms with van der Waals surface area (Å²) < 4.78 is 6.37. The van der Waals surface area contributed by atoms with E-state index in [9.17, 15) is 0 Å². The van der Waals surface area contributed by atoms with Gasteiger partial charge in [-0.2, -0.15) is 0 Å². The largest absolute Gasteiger partial charge is 0.497 e. The Labute approximate surface area is 120 Å². The van der Waals surface area contributed by atoms with Gasteiger partial charge >= 0.3 is 0 Å². The number of benzene rings is 2. The third-order valence-corrected chi connectivity index (χ3v) is 4.30. The lowest BCUT2D eigenvalue weighted by Gasteiger charge is -1.98. The Morgan fingerprint density at radius 3 is 2.89 bits per heavy atom. The topological polar surface area (TPSA) is 22.1 Å². The monoisotopic (exact) mass is 289 g/mol. The molecule has 0 fully saturated rings. The molecule has 19 heavy (non-hydrogen) atoms. The lowest BCUT2D eigenvalue weighted by molar-refractivity contribution is 0.415. The van der Waals surface area contributed by atoms with E-state index in [-0.39, 0.29) is 0 Å². The first-order valence-corrected chi connectivity index (χ1v) is 7.25. The second kappa shape index (κ2) is 5.19. The molecule has 2 aromatic carbocycles. The van der Waals surface area contributed by atoms with Gasteiger partial charge in [0, 0.05) is 11.4 Å². The van der Waals surface area contributed by atoms with Gasteiger partial charge in [0.15, 0.2) is 0 Å². The number of thiazole rings is 1. The lowest BCUT2D eigenvalue weighted by Crippen LogP contribution is -1.81. The van der Waals surface area contributed by atoms with Gasteiger partial charge in [-0.25, -0.2) is 4.98 Å². The van der Waals surface area contributed by atoms with Gasteiger partial charge in [-0.3, -0.25) is 0 Å². The Hall–Kier alpha value is -1.58. The molecule has 0 spiro atoms. The van der Waals surface area contributed by atoms with Crippen molar-refractivity contribution in [3.8, 4) is 16.3 Å². The number of hydrogen-bond donors (Lipinski definition) is 0. The van der Waals surface area contributed by atoms with Crippen molar-refractivity contribution in [1.29, 1.82) is 0 Å². The molecule has 0 saturated carbocycles. The predicted octanol–water partition coefficient (Wildman–Crippen LogP) is 4.71. The third-order valence-electron chi connectivity index (χ3n) is 2.92. The van der Waals surface area contributed by atoms with E-state index < -0.39 is 0 Å². The van der Waals surface area contributed by atoms with E-state index in [2.05, 4.69) is 17.1 Å². The molecule has 3 rings (SSSR count). The summed E-state index contributed by atoms with van der Waals surface area (Å²) >= 11 is 7.54. The van der Waals surface area contributed by atoms with Crippen LogP contribution in [0.5, 0.6) is 5.75 Å². The zero-order valence-corrected chi connectivity index (χ0v) is 12.0. The maximum Gasteiger partial charge on any atom is 0.124 e. The van der Waals surface area contributed by atoms with Crippen molar-refractivity contribution in [2.24, 2.45) is 0 Å². The highest BCUT2D eigenvalue weighted by atomic mass is 35.5. The van der Waals surface area contributed by atoms with Gasteiger partial charge in [0.05, 0.1) is 17.3 Å². The van der Waals surface area contributed by atoms with Crippen LogP contribution in [0.25, 0.3) is 20.8 Å². The van der Waals surface area contributed by atoms with E-state index in [1.807, 2.05) is 30.3 Å². The molecule has 0 radical (unpaired) electrons. The summed E-state index contributed by atoms with van der Waals surface area (Å²) in [4.78, 5) is 4.65. The zero-order valence-electron chi connectivity index (χ0n) is 10.4. The maximum absolute atomic E-state index is 5.87. The fourth-order valence-corrected chi connectivity index (χ4v) is 3.10. The van der Waals surface area contributed by atoms with Crippen molar-refractivity contribution in [3.05, 3.63) is 48.0 Å². The minimum Gasteiger partial charge on any atom is -0.497 e. The van der Waals surface area contributed by atoms with Crippen LogP contribution in [0.15, 0.2) is 42.5 Å². The molecule has 4 heteroatoms. The van der Waals surface area contributed by atoms with E-state index >= 15 is 0 Å². The molecular weight excluding hydrogens is 278 g/mol. The molecule has 96 valence electrons. The van der Waals surface area contributed by atoms with Gasteiger partial charge in [0.25, 0.3) is 0 Å². The molecule has 0 aliphatic heterocycles. The summed E-state index contributed by atoms with van der Waals surface area (Å²) in [7, 11) is 1.67. The highest BCUT2D eigenvalue weighted by molar-refractivity contribution is 7.21. The number of methoxy groups -OCH3 is 1. The normalized spacial score (nSPS) is 10.8. The van der Waals surface area contributed by atoms with E-state index in [1.165, 1.54) is 0 Å². The number of halogens is 1. The van der Waals surface area contributed by atoms with Crippen LogP contribution in [0.1, 0.15) is 5.56 Å². The van der Waals surface area contributed by atoms with Crippen molar-refractivity contribution < 1.29 is 4.74 Å². The van der Waals surface area contributed by atoms with E-state index in [0.29, 0.717) is 5.88 Å². The summed E-state index contributed by atoms with van der Waals surface area (Å²) in [5.74, 6) is 1.38. The molecule has 3 aromatic rings. The summed E-state index contributed by atoms with van der Waals surface area (Å²) in [5.41, 5.74) is 3.21. The van der Waals surface area contributed by atoms with Gasteiger partial charge in [-0.1, -0.05) is 18.2 Å². The number of hydrogen-bond acceptors (Lipinski definition) is 3. The van der Waals surface area contributed by atoms with Gasteiger partial charge in [-0.15, -0.1) is 22.9 Å². The first-order valence-electron chi connectivity index (χ1n) is 5.90. The van der Waals surface area contributed by atoms with Gasteiger partial charge in [-0.05, 0) is 29.8 Å². The number of nitrogens with zero attached hydrogens (tertiary/aromatic N) is 1. The number of alkyl halides is 1. The average molecular weight is 290 g/mol. The number of ether oxygens (including phenoxy) is 1. The van der Waals surface area contributed by atoms with Gasteiger partial charge in [0.2, 0.25) is 0 Å². The molecule has 1 heterocycles. The van der Waals surface area contributed by atoms with Crippen LogP contribution in [0.2, 0.25) is 0 Å². The van der Waals surface area contributed by atoms with Crippen LogP contribution in [-0.4, -0.2) is 12.1 Å². The Morgan fingerprint density at radius 2 is 2.11 bits per heavy atom. The molecule has 0 saturated heterocycles. The first kappa shape index (κ1) is 12.5. The minimum atomic E-state index is 0.520. The molecule has 0 atom stereocenters.